The van der Waals surface area contributed by atoms with Crippen LogP contribution in [0.15, 0.2) is 23.1 Å². The fourth-order valence-electron chi connectivity index (χ4n) is 2.16. The summed E-state index contributed by atoms with van der Waals surface area (Å²) in [6, 6.07) is 5.80. The van der Waals surface area contributed by atoms with Gasteiger partial charge in [0.2, 0.25) is 10.0 Å². The summed E-state index contributed by atoms with van der Waals surface area (Å²) in [6.07, 6.45) is 2.74. The molecule has 0 saturated carbocycles. The van der Waals surface area contributed by atoms with Crippen LogP contribution in [-0.4, -0.2) is 14.5 Å². The molecule has 4 heteroatoms. The summed E-state index contributed by atoms with van der Waals surface area (Å²) in [5.41, 5.74) is 2.03. The molecule has 0 fully saturated rings. The van der Waals surface area contributed by atoms with Crippen LogP contribution in [0.4, 0.5) is 0 Å². The smallest absolute Gasteiger partial charge is 0.208 e. The Balaban J connectivity index is 2.49. The van der Waals surface area contributed by atoms with Crippen molar-refractivity contribution < 1.29 is 8.42 Å². The van der Waals surface area contributed by atoms with Crippen LogP contribution >= 0.6 is 0 Å². The summed E-state index contributed by atoms with van der Waals surface area (Å²) in [6.45, 7) is 3.98. The van der Waals surface area contributed by atoms with Crippen LogP contribution in [0.5, 0.6) is 0 Å². The zero-order valence-corrected chi connectivity index (χ0v) is 10.5. The van der Waals surface area contributed by atoms with E-state index < -0.39 is 10.0 Å². The number of rotatable bonds is 2. The first kappa shape index (κ1) is 11.6. The van der Waals surface area contributed by atoms with Crippen molar-refractivity contribution in [3.8, 4) is 0 Å². The van der Waals surface area contributed by atoms with Crippen molar-refractivity contribution in [3.63, 3.8) is 0 Å². The second-order valence-electron chi connectivity index (χ2n) is 4.42. The van der Waals surface area contributed by atoms with Gasteiger partial charge in [-0.15, -0.1) is 0 Å². The maximum atomic E-state index is 11.9. The molecule has 1 unspecified atom stereocenters. The maximum absolute atomic E-state index is 11.9. The molecule has 1 heterocycles. The molecule has 1 aliphatic rings. The van der Waals surface area contributed by atoms with Crippen molar-refractivity contribution in [2.45, 2.75) is 44.0 Å². The third-order valence-electron chi connectivity index (χ3n) is 2.84. The molecule has 1 aliphatic heterocycles. The Morgan fingerprint density at radius 2 is 2.19 bits per heavy atom. The summed E-state index contributed by atoms with van der Waals surface area (Å²) in [5.74, 6) is 0. The minimum atomic E-state index is -3.28. The van der Waals surface area contributed by atoms with E-state index in [4.69, 9.17) is 0 Å². The summed E-state index contributed by atoms with van der Waals surface area (Å²) >= 11 is 0. The third kappa shape index (κ3) is 2.13. The summed E-state index contributed by atoms with van der Waals surface area (Å²) in [7, 11) is -3.28. The van der Waals surface area contributed by atoms with Gasteiger partial charge in [0.1, 0.15) is 0 Å². The lowest BCUT2D eigenvalue weighted by Crippen LogP contribution is -2.39. The number of aryl methyl sites for hydroxylation is 1. The minimum absolute atomic E-state index is 0.00507. The molecule has 0 spiro atoms. The van der Waals surface area contributed by atoms with Crippen LogP contribution in [0.25, 0.3) is 0 Å². The number of sulfonamides is 1. The highest BCUT2D eigenvalue weighted by Crippen LogP contribution is 2.24. The van der Waals surface area contributed by atoms with E-state index >= 15 is 0 Å². The molecule has 0 bridgehead atoms. The van der Waals surface area contributed by atoms with Gasteiger partial charge in [0, 0.05) is 6.04 Å². The quantitative estimate of drug-likeness (QED) is 0.856. The average molecular weight is 239 g/mol. The van der Waals surface area contributed by atoms with Crippen LogP contribution in [0.3, 0.4) is 0 Å². The fraction of sp³-hybridized carbons (Fsp3) is 0.500. The Bertz CT molecular complexity index is 494. The molecule has 88 valence electrons. The zero-order chi connectivity index (χ0) is 11.8. The number of nitrogens with one attached hydrogen (secondary N) is 1. The topological polar surface area (TPSA) is 46.2 Å². The van der Waals surface area contributed by atoms with Gasteiger partial charge in [-0.2, -0.15) is 0 Å². The van der Waals surface area contributed by atoms with E-state index in [2.05, 4.69) is 11.6 Å². The maximum Gasteiger partial charge on any atom is 0.241 e. The van der Waals surface area contributed by atoms with E-state index in [0.29, 0.717) is 4.90 Å². The van der Waals surface area contributed by atoms with Crippen molar-refractivity contribution in [3.05, 3.63) is 29.3 Å². The highest BCUT2D eigenvalue weighted by Gasteiger charge is 2.27. The second-order valence-corrected chi connectivity index (χ2v) is 6.10. The predicted molar refractivity (Wildman–Crippen MR) is 63.9 cm³/mol. The van der Waals surface area contributed by atoms with Gasteiger partial charge in [0.05, 0.1) is 4.90 Å². The molecule has 1 N–H and O–H groups in total. The van der Waals surface area contributed by atoms with E-state index in [1.165, 1.54) is 0 Å². The largest absolute Gasteiger partial charge is 0.241 e. The first-order valence-electron chi connectivity index (χ1n) is 5.67. The molecular weight excluding hydrogens is 222 g/mol. The van der Waals surface area contributed by atoms with Gasteiger partial charge in [0.25, 0.3) is 0 Å². The van der Waals surface area contributed by atoms with Crippen LogP contribution in [0.2, 0.25) is 0 Å². The van der Waals surface area contributed by atoms with Gasteiger partial charge in [-0.1, -0.05) is 25.5 Å². The number of benzene rings is 1. The molecule has 0 aliphatic carbocycles. The van der Waals surface area contributed by atoms with Gasteiger partial charge in [-0.05, 0) is 37.0 Å². The van der Waals surface area contributed by atoms with E-state index in [-0.39, 0.29) is 6.04 Å². The summed E-state index contributed by atoms with van der Waals surface area (Å²) in [5, 5.41) is 0. The summed E-state index contributed by atoms with van der Waals surface area (Å²) in [4.78, 5) is 0.469. The minimum Gasteiger partial charge on any atom is -0.208 e. The predicted octanol–water partition coefficient (Wildman–Crippen LogP) is 1.86. The molecule has 1 aromatic carbocycles. The first-order chi connectivity index (χ1) is 7.53. The van der Waals surface area contributed by atoms with Crippen molar-refractivity contribution in [2.24, 2.45) is 0 Å². The standard InChI is InChI=1S/C12H17NO2S/c1-3-4-10-5-6-11-7-9(2)13-16(14,15)12(11)8-10/h5-6,8-9,13H,3-4,7H2,1-2H3. The Morgan fingerprint density at radius 1 is 1.44 bits per heavy atom. The van der Waals surface area contributed by atoms with Crippen molar-refractivity contribution >= 4 is 10.0 Å². The zero-order valence-electron chi connectivity index (χ0n) is 9.66. The molecular formula is C12H17NO2S. The van der Waals surface area contributed by atoms with E-state index in [9.17, 15) is 8.42 Å². The molecule has 0 radical (unpaired) electrons. The Morgan fingerprint density at radius 3 is 2.88 bits per heavy atom. The fourth-order valence-corrected chi connectivity index (χ4v) is 3.70. The molecule has 1 atom stereocenters. The SMILES string of the molecule is CCCc1ccc2c(c1)S(=O)(=O)NC(C)C2. The number of hydrogen-bond acceptors (Lipinski definition) is 2. The lowest BCUT2D eigenvalue weighted by Gasteiger charge is -2.23. The van der Waals surface area contributed by atoms with Gasteiger partial charge in [-0.25, -0.2) is 13.1 Å². The molecule has 16 heavy (non-hydrogen) atoms. The van der Waals surface area contributed by atoms with E-state index in [1.54, 1.807) is 0 Å². The number of fused-ring (bicyclic) bond motifs is 1. The molecule has 1 aromatic rings. The highest BCUT2D eigenvalue weighted by molar-refractivity contribution is 7.89. The monoisotopic (exact) mass is 239 g/mol. The van der Waals surface area contributed by atoms with Gasteiger partial charge in [0.15, 0.2) is 0 Å². The van der Waals surface area contributed by atoms with Crippen LogP contribution in [0, 0.1) is 0 Å². The van der Waals surface area contributed by atoms with Crippen LogP contribution in [-0.2, 0) is 22.9 Å². The number of hydrogen-bond donors (Lipinski definition) is 1. The third-order valence-corrected chi connectivity index (χ3v) is 4.51. The highest BCUT2D eigenvalue weighted by atomic mass is 32.2. The molecule has 2 rings (SSSR count). The molecule has 0 aromatic heterocycles. The Hall–Kier alpha value is -0.870. The van der Waals surface area contributed by atoms with Crippen molar-refractivity contribution in [2.75, 3.05) is 0 Å². The lowest BCUT2D eigenvalue weighted by molar-refractivity contribution is 0.543. The molecule has 3 nitrogen and oxygen atoms in total. The van der Waals surface area contributed by atoms with Crippen LogP contribution < -0.4 is 4.72 Å². The average Bonchev–Trinajstić information content (AvgIpc) is 2.18. The van der Waals surface area contributed by atoms with Crippen LogP contribution in [0.1, 0.15) is 31.4 Å². The van der Waals surface area contributed by atoms with E-state index in [1.807, 2.05) is 25.1 Å². The van der Waals surface area contributed by atoms with E-state index in [0.717, 1.165) is 30.4 Å². The second kappa shape index (κ2) is 4.18. The van der Waals surface area contributed by atoms with Gasteiger partial charge in [-0.3, -0.25) is 0 Å². The first-order valence-corrected chi connectivity index (χ1v) is 7.15. The summed E-state index contributed by atoms with van der Waals surface area (Å²) < 4.78 is 26.5. The molecule has 0 amide bonds. The molecule has 0 saturated heterocycles. The van der Waals surface area contributed by atoms with Crippen molar-refractivity contribution in [1.29, 1.82) is 0 Å². The van der Waals surface area contributed by atoms with Gasteiger partial charge < -0.3 is 0 Å². The van der Waals surface area contributed by atoms with Crippen molar-refractivity contribution in [1.82, 2.24) is 4.72 Å². The normalized spacial score (nSPS) is 22.8. The Labute approximate surface area is 96.9 Å². The Kier molecular flexibility index (Phi) is 3.04. The lowest BCUT2D eigenvalue weighted by atomic mass is 10.0. The van der Waals surface area contributed by atoms with Gasteiger partial charge >= 0.3 is 0 Å².